The molecule has 1 aromatic rings. The van der Waals surface area contributed by atoms with Crippen LogP contribution < -0.4 is 16.0 Å². The molecule has 0 aliphatic carbocycles. The van der Waals surface area contributed by atoms with Crippen LogP contribution in [0.3, 0.4) is 0 Å². The number of carbonyl (C=O) groups is 4. The fourth-order valence-electron chi connectivity index (χ4n) is 2.53. The Morgan fingerprint density at radius 1 is 1.32 bits per heavy atom. The first-order valence-corrected chi connectivity index (χ1v) is 8.20. The molecule has 3 N–H and O–H groups in total. The number of pyridine rings is 1. The van der Waals surface area contributed by atoms with Gasteiger partial charge in [-0.2, -0.15) is 0 Å². The molecule has 0 saturated carbocycles. The summed E-state index contributed by atoms with van der Waals surface area (Å²) in [6.07, 6.45) is 1.99. The van der Waals surface area contributed by atoms with E-state index < -0.39 is 29.7 Å². The van der Waals surface area contributed by atoms with Crippen molar-refractivity contribution < 1.29 is 19.2 Å². The minimum Gasteiger partial charge on any atom is -0.349 e. The number of hydrogen-bond donors (Lipinski definition) is 3. The van der Waals surface area contributed by atoms with Gasteiger partial charge in [0, 0.05) is 18.4 Å². The highest BCUT2D eigenvalue weighted by Gasteiger charge is 2.33. The molecule has 8 heteroatoms. The van der Waals surface area contributed by atoms with Crippen LogP contribution in [0.25, 0.3) is 0 Å². The molecule has 1 aliphatic rings. The first-order valence-electron chi connectivity index (χ1n) is 8.20. The molecule has 0 spiro atoms. The Balaban J connectivity index is 1.97. The number of Topliss-reactive ketones (excluding diaryl/α,β-unsaturated/α-hetero) is 1. The lowest BCUT2D eigenvalue weighted by molar-refractivity contribution is -0.142. The number of nitrogens with one attached hydrogen (secondary N) is 3. The Bertz CT molecular complexity index is 660. The maximum absolute atomic E-state index is 12.5. The summed E-state index contributed by atoms with van der Waals surface area (Å²) in [5, 5.41) is 7.68. The Hall–Kier alpha value is -2.77. The lowest BCUT2D eigenvalue weighted by atomic mass is 10.00. The number of nitrogens with zero attached hydrogens (tertiary/aromatic N) is 1. The molecule has 0 bridgehead atoms. The summed E-state index contributed by atoms with van der Waals surface area (Å²) in [4.78, 5) is 51.9. The van der Waals surface area contributed by atoms with Crippen molar-refractivity contribution in [1.29, 1.82) is 0 Å². The van der Waals surface area contributed by atoms with Crippen molar-refractivity contribution >= 4 is 23.5 Å². The van der Waals surface area contributed by atoms with Crippen LogP contribution in [0.15, 0.2) is 24.4 Å². The van der Waals surface area contributed by atoms with E-state index in [4.69, 9.17) is 0 Å². The minimum absolute atomic E-state index is 0.0576. The van der Waals surface area contributed by atoms with Gasteiger partial charge in [0.05, 0.1) is 12.5 Å². The van der Waals surface area contributed by atoms with Crippen LogP contribution in [0.1, 0.15) is 26.0 Å². The van der Waals surface area contributed by atoms with Gasteiger partial charge in [-0.25, -0.2) is 0 Å². The SMILES string of the molecule is CC(C)C(NC(=O)Cc1ccccn1)C(=O)NC1CCNC(=O)C1=O. The van der Waals surface area contributed by atoms with Gasteiger partial charge in [-0.3, -0.25) is 24.2 Å². The van der Waals surface area contributed by atoms with Gasteiger partial charge < -0.3 is 16.0 Å². The molecular weight excluding hydrogens is 324 g/mol. The molecule has 2 atom stereocenters. The van der Waals surface area contributed by atoms with Crippen LogP contribution in [0.4, 0.5) is 0 Å². The van der Waals surface area contributed by atoms with Crippen molar-refractivity contribution in [3.05, 3.63) is 30.1 Å². The molecule has 1 fully saturated rings. The van der Waals surface area contributed by atoms with Gasteiger partial charge in [0.2, 0.25) is 17.6 Å². The highest BCUT2D eigenvalue weighted by molar-refractivity contribution is 6.39. The quantitative estimate of drug-likeness (QED) is 0.591. The molecule has 134 valence electrons. The van der Waals surface area contributed by atoms with Crippen molar-refractivity contribution in [2.45, 2.75) is 38.8 Å². The fourth-order valence-corrected chi connectivity index (χ4v) is 2.53. The molecule has 3 amide bonds. The van der Waals surface area contributed by atoms with E-state index in [1.54, 1.807) is 38.2 Å². The standard InChI is InChI=1S/C17H22N4O4/c1-10(2)14(21-13(22)9-11-5-3-4-7-18-11)16(24)20-12-6-8-19-17(25)15(12)23/h3-5,7,10,12,14H,6,8-9H2,1-2H3,(H,19,25)(H,20,24)(H,21,22). The van der Waals surface area contributed by atoms with Crippen molar-refractivity contribution in [3.8, 4) is 0 Å². The van der Waals surface area contributed by atoms with Gasteiger partial charge in [-0.15, -0.1) is 0 Å². The average molecular weight is 346 g/mol. The molecule has 0 radical (unpaired) electrons. The van der Waals surface area contributed by atoms with E-state index in [-0.39, 0.29) is 18.2 Å². The zero-order valence-electron chi connectivity index (χ0n) is 14.2. The molecule has 2 unspecified atom stereocenters. The molecule has 8 nitrogen and oxygen atoms in total. The van der Waals surface area contributed by atoms with Crippen molar-refractivity contribution in [2.24, 2.45) is 5.92 Å². The number of amides is 3. The highest BCUT2D eigenvalue weighted by atomic mass is 16.2. The summed E-state index contributed by atoms with van der Waals surface area (Å²) in [5.41, 5.74) is 0.599. The Morgan fingerprint density at radius 2 is 2.08 bits per heavy atom. The molecule has 0 aromatic carbocycles. The summed E-state index contributed by atoms with van der Waals surface area (Å²) in [5.74, 6) is -2.35. The topological polar surface area (TPSA) is 117 Å². The highest BCUT2D eigenvalue weighted by Crippen LogP contribution is 2.06. The normalized spacial score (nSPS) is 18.4. The van der Waals surface area contributed by atoms with Gasteiger partial charge in [0.25, 0.3) is 5.91 Å². The second-order valence-electron chi connectivity index (χ2n) is 6.26. The second kappa shape index (κ2) is 8.36. The predicted octanol–water partition coefficient (Wildman–Crippen LogP) is -0.661. The molecule has 1 aromatic heterocycles. The minimum atomic E-state index is -0.852. The lowest BCUT2D eigenvalue weighted by Crippen LogP contribution is -2.58. The summed E-state index contributed by atoms with van der Waals surface area (Å²) in [7, 11) is 0. The van der Waals surface area contributed by atoms with Crippen LogP contribution >= 0.6 is 0 Å². The summed E-state index contributed by atoms with van der Waals surface area (Å²) in [6.45, 7) is 3.91. The fraction of sp³-hybridized carbons (Fsp3) is 0.471. The van der Waals surface area contributed by atoms with Crippen LogP contribution in [0, 0.1) is 5.92 Å². The predicted molar refractivity (Wildman–Crippen MR) is 89.3 cm³/mol. The number of rotatable bonds is 6. The van der Waals surface area contributed by atoms with Crippen LogP contribution in [0.2, 0.25) is 0 Å². The van der Waals surface area contributed by atoms with E-state index in [0.717, 1.165) is 0 Å². The molecule has 25 heavy (non-hydrogen) atoms. The Labute approximate surface area is 145 Å². The van der Waals surface area contributed by atoms with E-state index in [2.05, 4.69) is 20.9 Å². The number of aromatic nitrogens is 1. The zero-order chi connectivity index (χ0) is 18.4. The number of carbonyl (C=O) groups excluding carboxylic acids is 4. The van der Waals surface area contributed by atoms with Crippen LogP contribution in [0.5, 0.6) is 0 Å². The molecule has 1 saturated heterocycles. The molecular formula is C17H22N4O4. The van der Waals surface area contributed by atoms with Crippen molar-refractivity contribution in [2.75, 3.05) is 6.54 Å². The van der Waals surface area contributed by atoms with Crippen LogP contribution in [-0.2, 0) is 25.6 Å². The number of piperidine rings is 1. The third-order valence-corrected chi connectivity index (χ3v) is 3.91. The van der Waals surface area contributed by atoms with E-state index in [1.165, 1.54) is 0 Å². The van der Waals surface area contributed by atoms with Crippen molar-refractivity contribution in [3.63, 3.8) is 0 Å². The maximum atomic E-state index is 12.5. The van der Waals surface area contributed by atoms with Gasteiger partial charge in [0.1, 0.15) is 6.04 Å². The third-order valence-electron chi connectivity index (χ3n) is 3.91. The first-order chi connectivity index (χ1) is 11.9. The summed E-state index contributed by atoms with van der Waals surface area (Å²) < 4.78 is 0. The van der Waals surface area contributed by atoms with Gasteiger partial charge in [-0.1, -0.05) is 19.9 Å². The monoisotopic (exact) mass is 346 g/mol. The number of ketones is 1. The maximum Gasteiger partial charge on any atom is 0.289 e. The Kier molecular flexibility index (Phi) is 6.21. The van der Waals surface area contributed by atoms with E-state index in [1.807, 2.05) is 0 Å². The van der Waals surface area contributed by atoms with E-state index in [0.29, 0.717) is 18.7 Å². The third kappa shape index (κ3) is 5.10. The van der Waals surface area contributed by atoms with E-state index in [9.17, 15) is 19.2 Å². The van der Waals surface area contributed by atoms with Gasteiger partial charge in [0.15, 0.2) is 0 Å². The Morgan fingerprint density at radius 3 is 2.72 bits per heavy atom. The second-order valence-corrected chi connectivity index (χ2v) is 6.26. The van der Waals surface area contributed by atoms with E-state index >= 15 is 0 Å². The lowest BCUT2D eigenvalue weighted by Gasteiger charge is -2.26. The first kappa shape index (κ1) is 18.6. The molecule has 2 rings (SSSR count). The zero-order valence-corrected chi connectivity index (χ0v) is 14.2. The van der Waals surface area contributed by atoms with Crippen molar-refractivity contribution in [1.82, 2.24) is 20.9 Å². The summed E-state index contributed by atoms with van der Waals surface area (Å²) in [6, 6.07) is 3.61. The van der Waals surface area contributed by atoms with Gasteiger partial charge in [-0.05, 0) is 24.5 Å². The average Bonchev–Trinajstić information content (AvgIpc) is 2.57. The summed E-state index contributed by atoms with van der Waals surface area (Å²) >= 11 is 0. The smallest absolute Gasteiger partial charge is 0.289 e. The largest absolute Gasteiger partial charge is 0.349 e. The molecule has 2 heterocycles. The number of hydrogen-bond acceptors (Lipinski definition) is 5. The van der Waals surface area contributed by atoms with Gasteiger partial charge >= 0.3 is 0 Å². The molecule has 1 aliphatic heterocycles. The van der Waals surface area contributed by atoms with Crippen LogP contribution in [-0.4, -0.2) is 47.1 Å².